The molecule has 0 spiro atoms. The van der Waals surface area contributed by atoms with Crippen LogP contribution in [-0.4, -0.2) is 33.3 Å². The number of quaternary nitrogens is 1. The van der Waals surface area contributed by atoms with Gasteiger partial charge < -0.3 is 19.1 Å². The summed E-state index contributed by atoms with van der Waals surface area (Å²) in [6.45, 7) is 15.0. The van der Waals surface area contributed by atoms with Gasteiger partial charge >= 0.3 is 0 Å². The summed E-state index contributed by atoms with van der Waals surface area (Å²) >= 11 is 0. The van der Waals surface area contributed by atoms with Gasteiger partial charge in [0.2, 0.25) is 12.5 Å². The van der Waals surface area contributed by atoms with Crippen LogP contribution in [0.1, 0.15) is 91.7 Å². The Kier molecular flexibility index (Phi) is 5.71. The number of likely N-dealkylation sites (N-methyl/N-ethyl adjacent to an activating group) is 1. The Bertz CT molecular complexity index is 1200. The third kappa shape index (κ3) is 3.74. The normalized spacial score (nSPS) is 25.5. The van der Waals surface area contributed by atoms with Crippen LogP contribution >= 0.6 is 0 Å². The van der Waals surface area contributed by atoms with Crippen molar-refractivity contribution in [2.24, 2.45) is 5.92 Å². The number of benzene rings is 2. The van der Waals surface area contributed by atoms with Crippen molar-refractivity contribution in [3.63, 3.8) is 0 Å². The standard InChI is InChI=1S/C30H39NO4/c1-17-11-22-21(29(3,4)15-18(2)30(22,5)6)13-20(17)24(32)14-23-26-19(9-10-31(23)7)12-25-27(28(26)33-8)35-16-34-25/h11-13,18,23H,9-10,14-16H2,1-8H3/p+1/t18-,23-/m0/s1. The van der Waals surface area contributed by atoms with Crippen LogP contribution in [0.4, 0.5) is 0 Å². The molecular weight excluding hydrogens is 438 g/mol. The number of fused-ring (bicyclic) bond motifs is 3. The highest BCUT2D eigenvalue weighted by Gasteiger charge is 2.43. The average Bonchev–Trinajstić information content (AvgIpc) is 3.26. The van der Waals surface area contributed by atoms with E-state index in [2.05, 4.69) is 66.8 Å². The van der Waals surface area contributed by atoms with Crippen LogP contribution in [0.15, 0.2) is 18.2 Å². The largest absolute Gasteiger partial charge is 0.492 e. The Hall–Kier alpha value is -2.53. The van der Waals surface area contributed by atoms with Crippen LogP contribution in [0.5, 0.6) is 17.2 Å². The highest BCUT2D eigenvalue weighted by Crippen LogP contribution is 2.50. The van der Waals surface area contributed by atoms with E-state index in [0.717, 1.165) is 47.6 Å². The SMILES string of the molecule is COc1c2c(cc3c1[C@H](CC(=O)c1cc4c(cc1C)C(C)(C)[C@@H](C)CC4(C)C)[NH+](C)CC3)OCO2. The number of rotatable bonds is 4. The lowest BCUT2D eigenvalue weighted by molar-refractivity contribution is -0.913. The van der Waals surface area contributed by atoms with Crippen molar-refractivity contribution in [2.45, 2.75) is 77.7 Å². The van der Waals surface area contributed by atoms with Gasteiger partial charge in [0, 0.05) is 12.0 Å². The molecule has 2 aromatic rings. The summed E-state index contributed by atoms with van der Waals surface area (Å²) in [7, 11) is 3.86. The van der Waals surface area contributed by atoms with Gasteiger partial charge in [0.25, 0.3) is 0 Å². The molecule has 2 heterocycles. The molecule has 3 aliphatic rings. The molecule has 0 aromatic heterocycles. The van der Waals surface area contributed by atoms with E-state index in [0.29, 0.717) is 18.1 Å². The number of ether oxygens (including phenoxy) is 3. The molecule has 5 heteroatoms. The molecule has 188 valence electrons. The summed E-state index contributed by atoms with van der Waals surface area (Å²) in [4.78, 5) is 15.3. The fraction of sp³-hybridized carbons (Fsp3) is 0.567. The molecule has 3 atom stereocenters. The fourth-order valence-corrected chi connectivity index (χ4v) is 6.69. The van der Waals surface area contributed by atoms with Gasteiger partial charge in [-0.15, -0.1) is 0 Å². The molecule has 0 saturated carbocycles. The second-order valence-electron chi connectivity index (χ2n) is 12.2. The van der Waals surface area contributed by atoms with E-state index in [1.807, 2.05) is 0 Å². The monoisotopic (exact) mass is 478 g/mol. The second-order valence-corrected chi connectivity index (χ2v) is 12.2. The van der Waals surface area contributed by atoms with Crippen LogP contribution in [-0.2, 0) is 17.3 Å². The molecule has 2 aliphatic heterocycles. The predicted octanol–water partition coefficient (Wildman–Crippen LogP) is 4.71. The van der Waals surface area contributed by atoms with Gasteiger partial charge in [-0.05, 0) is 64.5 Å². The number of hydrogen-bond donors (Lipinski definition) is 1. The van der Waals surface area contributed by atoms with Crippen molar-refractivity contribution in [2.75, 3.05) is 27.5 Å². The maximum absolute atomic E-state index is 13.9. The van der Waals surface area contributed by atoms with Crippen molar-refractivity contribution in [1.82, 2.24) is 0 Å². The summed E-state index contributed by atoms with van der Waals surface area (Å²) in [6, 6.07) is 6.61. The van der Waals surface area contributed by atoms with Crippen LogP contribution < -0.4 is 19.1 Å². The second kappa shape index (κ2) is 8.26. The lowest BCUT2D eigenvalue weighted by atomic mass is 9.58. The molecular formula is C30H40NO4+. The first kappa shape index (κ1) is 24.2. The topological polar surface area (TPSA) is 49.2 Å². The molecule has 0 amide bonds. The summed E-state index contributed by atoms with van der Waals surface area (Å²) < 4.78 is 17.3. The number of ketones is 1. The molecule has 1 N–H and O–H groups in total. The van der Waals surface area contributed by atoms with Gasteiger partial charge in [-0.25, -0.2) is 0 Å². The molecule has 0 saturated heterocycles. The Morgan fingerprint density at radius 2 is 1.89 bits per heavy atom. The average molecular weight is 479 g/mol. The summed E-state index contributed by atoms with van der Waals surface area (Å²) in [5.41, 5.74) is 7.12. The first-order valence-corrected chi connectivity index (χ1v) is 13.0. The number of Topliss-reactive ketones (excluding diaryl/α,β-unsaturated/α-hetero) is 1. The molecule has 2 aromatic carbocycles. The van der Waals surface area contributed by atoms with Gasteiger partial charge in [0.05, 0.1) is 32.7 Å². The Labute approximate surface area is 209 Å². The van der Waals surface area contributed by atoms with Gasteiger partial charge in [0.15, 0.2) is 17.3 Å². The zero-order valence-corrected chi connectivity index (χ0v) is 22.6. The lowest BCUT2D eigenvalue weighted by Gasteiger charge is -2.47. The molecule has 5 nitrogen and oxygen atoms in total. The number of carbonyl (C=O) groups excluding carboxylic acids is 1. The Morgan fingerprint density at radius 1 is 1.14 bits per heavy atom. The minimum absolute atomic E-state index is 0.00982. The van der Waals surface area contributed by atoms with Crippen molar-refractivity contribution < 1.29 is 23.9 Å². The highest BCUT2D eigenvalue weighted by atomic mass is 16.7. The van der Waals surface area contributed by atoms with Crippen molar-refractivity contribution in [3.05, 3.63) is 51.6 Å². The van der Waals surface area contributed by atoms with E-state index in [9.17, 15) is 4.79 Å². The molecule has 0 bridgehead atoms. The third-order valence-corrected chi connectivity index (χ3v) is 9.21. The quantitative estimate of drug-likeness (QED) is 0.647. The molecule has 0 fully saturated rings. The molecule has 1 aliphatic carbocycles. The van der Waals surface area contributed by atoms with Crippen LogP contribution in [0.2, 0.25) is 0 Å². The molecule has 35 heavy (non-hydrogen) atoms. The first-order chi connectivity index (χ1) is 16.5. The fourth-order valence-electron chi connectivity index (χ4n) is 6.69. The maximum Gasteiger partial charge on any atom is 0.231 e. The third-order valence-electron chi connectivity index (χ3n) is 9.21. The van der Waals surface area contributed by atoms with Gasteiger partial charge in [0.1, 0.15) is 6.04 Å². The first-order valence-electron chi connectivity index (χ1n) is 13.0. The van der Waals surface area contributed by atoms with Crippen molar-refractivity contribution in [1.29, 1.82) is 0 Å². The smallest absolute Gasteiger partial charge is 0.231 e. The van der Waals surface area contributed by atoms with Gasteiger partial charge in [-0.3, -0.25) is 4.79 Å². The zero-order valence-electron chi connectivity index (χ0n) is 22.6. The van der Waals surface area contributed by atoms with Crippen LogP contribution in [0.3, 0.4) is 0 Å². The van der Waals surface area contributed by atoms with Crippen molar-refractivity contribution >= 4 is 5.78 Å². The predicted molar refractivity (Wildman–Crippen MR) is 137 cm³/mol. The van der Waals surface area contributed by atoms with Gasteiger partial charge in [-0.2, -0.15) is 0 Å². The number of hydrogen-bond acceptors (Lipinski definition) is 4. The van der Waals surface area contributed by atoms with E-state index < -0.39 is 0 Å². The van der Waals surface area contributed by atoms with E-state index in [4.69, 9.17) is 14.2 Å². The zero-order chi connectivity index (χ0) is 25.3. The minimum atomic E-state index is 0.00982. The minimum Gasteiger partial charge on any atom is -0.492 e. The van der Waals surface area contributed by atoms with Gasteiger partial charge in [-0.1, -0.05) is 40.7 Å². The van der Waals surface area contributed by atoms with E-state index in [-0.39, 0.29) is 29.4 Å². The Morgan fingerprint density at radius 3 is 2.60 bits per heavy atom. The number of carbonyl (C=O) groups is 1. The van der Waals surface area contributed by atoms with E-state index >= 15 is 0 Å². The molecule has 5 rings (SSSR count). The maximum atomic E-state index is 13.9. The lowest BCUT2D eigenvalue weighted by Crippen LogP contribution is -3.10. The Balaban J connectivity index is 1.55. The molecule has 0 radical (unpaired) electrons. The number of aryl methyl sites for hydroxylation is 1. The highest BCUT2D eigenvalue weighted by molar-refractivity contribution is 5.98. The van der Waals surface area contributed by atoms with Crippen molar-refractivity contribution in [3.8, 4) is 17.2 Å². The number of methoxy groups -OCH3 is 1. The summed E-state index contributed by atoms with van der Waals surface area (Å²) in [6.07, 6.45) is 2.49. The summed E-state index contributed by atoms with van der Waals surface area (Å²) in [5.74, 6) is 2.93. The number of nitrogens with one attached hydrogen (secondary N) is 1. The van der Waals surface area contributed by atoms with E-state index in [1.165, 1.54) is 21.6 Å². The molecule has 1 unspecified atom stereocenters. The van der Waals surface area contributed by atoms with E-state index in [1.54, 1.807) is 7.11 Å². The van der Waals surface area contributed by atoms with Crippen LogP contribution in [0, 0.1) is 12.8 Å². The summed E-state index contributed by atoms with van der Waals surface area (Å²) in [5, 5.41) is 0. The van der Waals surface area contributed by atoms with Crippen LogP contribution in [0.25, 0.3) is 0 Å².